The van der Waals surface area contributed by atoms with Crippen molar-refractivity contribution in [3.8, 4) is 0 Å². The zero-order chi connectivity index (χ0) is 12.7. The van der Waals surface area contributed by atoms with E-state index in [1.165, 1.54) is 6.39 Å². The standard InChI is InChI=1S/C9H15N5O3/c1-2-3-6(8(10)13-16)9(15)11-4-7-12-5-17-14-7/h5-6,16H,2-4H2,1H3,(H2,10,13)(H,11,15). The fraction of sp³-hybridized carbons (Fsp3) is 0.556. The summed E-state index contributed by atoms with van der Waals surface area (Å²) >= 11 is 0. The largest absolute Gasteiger partial charge is 0.409 e. The molecule has 0 aliphatic heterocycles. The predicted molar refractivity (Wildman–Crippen MR) is 58.0 cm³/mol. The Morgan fingerprint density at radius 2 is 2.53 bits per heavy atom. The van der Waals surface area contributed by atoms with Gasteiger partial charge in [-0.3, -0.25) is 4.79 Å². The lowest BCUT2D eigenvalue weighted by Gasteiger charge is -2.13. The number of amidine groups is 1. The molecule has 94 valence electrons. The van der Waals surface area contributed by atoms with Crippen LogP contribution in [0.15, 0.2) is 16.1 Å². The topological polar surface area (TPSA) is 127 Å². The van der Waals surface area contributed by atoms with E-state index in [1.807, 2.05) is 6.92 Å². The van der Waals surface area contributed by atoms with Crippen LogP contribution in [0.2, 0.25) is 0 Å². The fourth-order valence-electron chi connectivity index (χ4n) is 1.33. The van der Waals surface area contributed by atoms with Gasteiger partial charge in [-0.2, -0.15) is 4.98 Å². The summed E-state index contributed by atoms with van der Waals surface area (Å²) in [5, 5.41) is 17.6. The molecule has 0 fully saturated rings. The Balaban J connectivity index is 2.53. The van der Waals surface area contributed by atoms with E-state index in [-0.39, 0.29) is 18.3 Å². The molecule has 0 bridgehead atoms. The number of hydrogen-bond acceptors (Lipinski definition) is 6. The first-order chi connectivity index (χ1) is 8.19. The number of aromatic nitrogens is 2. The van der Waals surface area contributed by atoms with Crippen LogP contribution < -0.4 is 11.1 Å². The number of amides is 1. The van der Waals surface area contributed by atoms with Gasteiger partial charge in [0.1, 0.15) is 0 Å². The van der Waals surface area contributed by atoms with Crippen LogP contribution in [0.4, 0.5) is 0 Å². The molecular formula is C9H15N5O3. The van der Waals surface area contributed by atoms with Crippen LogP contribution in [0.25, 0.3) is 0 Å². The summed E-state index contributed by atoms with van der Waals surface area (Å²) in [5.74, 6) is -0.700. The van der Waals surface area contributed by atoms with E-state index < -0.39 is 5.92 Å². The molecule has 1 aromatic heterocycles. The van der Waals surface area contributed by atoms with Crippen LogP contribution in [-0.4, -0.2) is 27.1 Å². The van der Waals surface area contributed by atoms with Crippen molar-refractivity contribution < 1.29 is 14.5 Å². The molecule has 4 N–H and O–H groups in total. The second-order valence-corrected chi connectivity index (χ2v) is 3.43. The number of rotatable bonds is 6. The number of nitrogens with zero attached hydrogens (tertiary/aromatic N) is 3. The maximum Gasteiger partial charge on any atom is 0.231 e. The van der Waals surface area contributed by atoms with Gasteiger partial charge in [-0.15, -0.1) is 0 Å². The molecule has 1 unspecified atom stereocenters. The maximum atomic E-state index is 11.8. The molecule has 0 spiro atoms. The summed E-state index contributed by atoms with van der Waals surface area (Å²) < 4.78 is 4.52. The molecule has 0 saturated heterocycles. The van der Waals surface area contributed by atoms with Crippen molar-refractivity contribution in [2.45, 2.75) is 26.3 Å². The van der Waals surface area contributed by atoms with E-state index in [0.717, 1.165) is 6.42 Å². The number of oxime groups is 1. The van der Waals surface area contributed by atoms with Gasteiger partial charge < -0.3 is 20.8 Å². The Bertz CT molecular complexity index is 376. The monoisotopic (exact) mass is 241 g/mol. The van der Waals surface area contributed by atoms with Crippen molar-refractivity contribution >= 4 is 11.7 Å². The van der Waals surface area contributed by atoms with Gasteiger partial charge in [-0.1, -0.05) is 23.7 Å². The summed E-state index contributed by atoms with van der Waals surface area (Å²) in [6.45, 7) is 2.05. The molecule has 1 aromatic rings. The number of hydrogen-bond donors (Lipinski definition) is 3. The molecule has 0 saturated carbocycles. The van der Waals surface area contributed by atoms with Crippen LogP contribution in [0.3, 0.4) is 0 Å². The summed E-state index contributed by atoms with van der Waals surface area (Å²) in [7, 11) is 0. The van der Waals surface area contributed by atoms with Crippen molar-refractivity contribution in [1.82, 2.24) is 15.5 Å². The van der Waals surface area contributed by atoms with E-state index in [4.69, 9.17) is 10.9 Å². The van der Waals surface area contributed by atoms with Crippen LogP contribution >= 0.6 is 0 Å². The quantitative estimate of drug-likeness (QED) is 0.275. The summed E-state index contributed by atoms with van der Waals surface area (Å²) in [5.41, 5.74) is 5.44. The van der Waals surface area contributed by atoms with Gasteiger partial charge in [0.15, 0.2) is 11.7 Å². The second kappa shape index (κ2) is 6.46. The van der Waals surface area contributed by atoms with Crippen LogP contribution in [-0.2, 0) is 11.3 Å². The highest BCUT2D eigenvalue weighted by Gasteiger charge is 2.22. The van der Waals surface area contributed by atoms with Crippen LogP contribution in [0.5, 0.6) is 0 Å². The van der Waals surface area contributed by atoms with Crippen molar-refractivity contribution in [2.75, 3.05) is 0 Å². The number of carbonyl (C=O) groups is 1. The van der Waals surface area contributed by atoms with E-state index in [2.05, 4.69) is 25.1 Å². The molecule has 0 aromatic carbocycles. The zero-order valence-corrected chi connectivity index (χ0v) is 9.46. The Hall–Kier alpha value is -2.12. The van der Waals surface area contributed by atoms with Crippen molar-refractivity contribution in [3.05, 3.63) is 12.2 Å². The van der Waals surface area contributed by atoms with E-state index in [0.29, 0.717) is 12.2 Å². The third-order valence-corrected chi connectivity index (χ3v) is 2.19. The minimum atomic E-state index is -0.642. The number of nitrogens with one attached hydrogen (secondary N) is 1. The average Bonchev–Trinajstić information content (AvgIpc) is 2.85. The molecule has 0 radical (unpaired) electrons. The molecule has 1 amide bonds. The minimum Gasteiger partial charge on any atom is -0.409 e. The highest BCUT2D eigenvalue weighted by atomic mass is 16.5. The Morgan fingerprint density at radius 3 is 3.06 bits per heavy atom. The van der Waals surface area contributed by atoms with Crippen LogP contribution in [0.1, 0.15) is 25.6 Å². The van der Waals surface area contributed by atoms with Gasteiger partial charge in [0.25, 0.3) is 0 Å². The van der Waals surface area contributed by atoms with Gasteiger partial charge in [0.2, 0.25) is 12.3 Å². The molecule has 8 nitrogen and oxygen atoms in total. The lowest BCUT2D eigenvalue weighted by Crippen LogP contribution is -2.38. The predicted octanol–water partition coefficient (Wildman–Crippen LogP) is -0.151. The summed E-state index contributed by atoms with van der Waals surface area (Å²) in [4.78, 5) is 15.5. The number of nitrogens with two attached hydrogens (primary N) is 1. The van der Waals surface area contributed by atoms with Crippen molar-refractivity contribution in [1.29, 1.82) is 0 Å². The Kier molecular flexibility index (Phi) is 4.92. The Labute approximate surface area is 97.9 Å². The fourth-order valence-corrected chi connectivity index (χ4v) is 1.33. The lowest BCUT2D eigenvalue weighted by molar-refractivity contribution is -0.123. The SMILES string of the molecule is CCCC(C(=O)NCc1ncon1)C(N)=NO. The van der Waals surface area contributed by atoms with E-state index in [1.54, 1.807) is 0 Å². The Morgan fingerprint density at radius 1 is 1.76 bits per heavy atom. The maximum absolute atomic E-state index is 11.8. The molecule has 0 aliphatic rings. The van der Waals surface area contributed by atoms with Gasteiger partial charge >= 0.3 is 0 Å². The molecule has 17 heavy (non-hydrogen) atoms. The first-order valence-electron chi connectivity index (χ1n) is 5.19. The van der Waals surface area contributed by atoms with Crippen LogP contribution in [0, 0.1) is 5.92 Å². The third-order valence-electron chi connectivity index (χ3n) is 2.19. The molecule has 1 rings (SSSR count). The molecule has 0 aliphatic carbocycles. The normalized spacial score (nSPS) is 13.4. The van der Waals surface area contributed by atoms with Gasteiger partial charge in [0, 0.05) is 0 Å². The van der Waals surface area contributed by atoms with Gasteiger partial charge in [-0.25, -0.2) is 0 Å². The van der Waals surface area contributed by atoms with E-state index in [9.17, 15) is 4.79 Å². The first kappa shape index (κ1) is 12.9. The minimum absolute atomic E-state index is 0.0996. The zero-order valence-electron chi connectivity index (χ0n) is 9.46. The number of carbonyl (C=O) groups excluding carboxylic acids is 1. The molecular weight excluding hydrogens is 226 g/mol. The first-order valence-corrected chi connectivity index (χ1v) is 5.19. The molecule has 1 atom stereocenters. The lowest BCUT2D eigenvalue weighted by atomic mass is 10.0. The average molecular weight is 241 g/mol. The molecule has 1 heterocycles. The van der Waals surface area contributed by atoms with Gasteiger partial charge in [0.05, 0.1) is 12.5 Å². The molecule has 8 heteroatoms. The van der Waals surface area contributed by atoms with Gasteiger partial charge in [-0.05, 0) is 6.42 Å². The summed E-state index contributed by atoms with van der Waals surface area (Å²) in [6, 6.07) is 0. The van der Waals surface area contributed by atoms with Crippen molar-refractivity contribution in [2.24, 2.45) is 16.8 Å². The third kappa shape index (κ3) is 3.74. The van der Waals surface area contributed by atoms with E-state index >= 15 is 0 Å². The highest BCUT2D eigenvalue weighted by molar-refractivity contribution is 6.01. The highest BCUT2D eigenvalue weighted by Crippen LogP contribution is 2.07. The summed E-state index contributed by atoms with van der Waals surface area (Å²) in [6.07, 6.45) is 2.43. The second-order valence-electron chi connectivity index (χ2n) is 3.43. The van der Waals surface area contributed by atoms with Crippen molar-refractivity contribution in [3.63, 3.8) is 0 Å². The smallest absolute Gasteiger partial charge is 0.231 e.